The molecule has 0 aliphatic heterocycles. The van der Waals surface area contributed by atoms with Crippen molar-refractivity contribution in [1.82, 2.24) is 14.7 Å². The monoisotopic (exact) mass is 327 g/mol. The zero-order chi connectivity index (χ0) is 15.4. The fraction of sp³-hybridized carbons (Fsp3) is 0.400. The van der Waals surface area contributed by atoms with Crippen LogP contribution < -0.4 is 4.74 Å². The van der Waals surface area contributed by atoms with Crippen LogP contribution >= 0.6 is 23.2 Å². The topological polar surface area (TPSA) is 30.3 Å². The predicted molar refractivity (Wildman–Crippen MR) is 86.3 cm³/mol. The van der Waals surface area contributed by atoms with Gasteiger partial charge in [-0.25, -0.2) is 0 Å². The Labute approximate surface area is 135 Å². The summed E-state index contributed by atoms with van der Waals surface area (Å²) >= 11 is 12.2. The molecule has 0 fully saturated rings. The molecule has 1 heterocycles. The molecule has 1 unspecified atom stereocenters. The van der Waals surface area contributed by atoms with Crippen molar-refractivity contribution in [3.8, 4) is 5.75 Å². The van der Waals surface area contributed by atoms with Gasteiger partial charge in [0.1, 0.15) is 17.9 Å². The first-order valence-corrected chi connectivity index (χ1v) is 7.47. The normalized spacial score (nSPS) is 12.7. The third kappa shape index (κ3) is 4.37. The average Bonchev–Trinajstić information content (AvgIpc) is 2.78. The molecule has 0 N–H and O–H groups in total. The number of hydrogen-bond acceptors (Lipinski definition) is 3. The van der Waals surface area contributed by atoms with Crippen molar-refractivity contribution < 1.29 is 4.74 Å². The van der Waals surface area contributed by atoms with E-state index in [-0.39, 0.29) is 5.50 Å². The number of hydrogen-bond donors (Lipinski definition) is 0. The zero-order valence-electron chi connectivity index (χ0n) is 12.4. The van der Waals surface area contributed by atoms with Crippen LogP contribution in [0.1, 0.15) is 11.3 Å². The molecule has 2 aromatic rings. The van der Waals surface area contributed by atoms with Crippen LogP contribution in [-0.2, 0) is 13.5 Å². The molecule has 1 atom stereocenters. The molecular formula is C15H19Cl2N3O. The van der Waals surface area contributed by atoms with Crippen LogP contribution in [0.15, 0.2) is 30.5 Å². The molecule has 0 saturated heterocycles. The van der Waals surface area contributed by atoms with E-state index in [2.05, 4.69) is 5.10 Å². The maximum Gasteiger partial charge on any atom is 0.119 e. The lowest BCUT2D eigenvalue weighted by molar-refractivity contribution is 0.237. The molecule has 0 aliphatic carbocycles. The number of aromatic nitrogens is 2. The number of halogens is 2. The van der Waals surface area contributed by atoms with Crippen molar-refractivity contribution in [2.24, 2.45) is 7.05 Å². The maximum absolute atomic E-state index is 6.11. The quantitative estimate of drug-likeness (QED) is 0.603. The number of alkyl halides is 1. The van der Waals surface area contributed by atoms with Crippen LogP contribution in [0.5, 0.6) is 5.75 Å². The Balaban J connectivity index is 1.96. The number of rotatable bonds is 6. The van der Waals surface area contributed by atoms with Gasteiger partial charge in [-0.05, 0) is 31.8 Å². The summed E-state index contributed by atoms with van der Waals surface area (Å²) in [4.78, 5) is 1.90. The van der Waals surface area contributed by atoms with Gasteiger partial charge in [0.05, 0.1) is 16.9 Å². The van der Waals surface area contributed by atoms with Gasteiger partial charge in [-0.1, -0.05) is 23.7 Å². The largest absolute Gasteiger partial charge is 0.491 e. The van der Waals surface area contributed by atoms with Crippen molar-refractivity contribution in [3.05, 3.63) is 46.7 Å². The highest BCUT2D eigenvalue weighted by Gasteiger charge is 2.09. The summed E-state index contributed by atoms with van der Waals surface area (Å²) in [6, 6.07) is 7.94. The van der Waals surface area contributed by atoms with E-state index in [4.69, 9.17) is 27.9 Å². The van der Waals surface area contributed by atoms with E-state index in [1.807, 2.05) is 50.3 Å². The molecule has 2 rings (SSSR count). The molecular weight excluding hydrogens is 309 g/mol. The molecule has 0 saturated carbocycles. The Kier molecular flexibility index (Phi) is 5.51. The Morgan fingerprint density at radius 3 is 2.48 bits per heavy atom. The van der Waals surface area contributed by atoms with Crippen LogP contribution in [0, 0.1) is 0 Å². The van der Waals surface area contributed by atoms with Crippen molar-refractivity contribution in [2.75, 3.05) is 20.7 Å². The highest BCUT2D eigenvalue weighted by atomic mass is 35.5. The summed E-state index contributed by atoms with van der Waals surface area (Å²) in [6.45, 7) is 0.446. The molecule has 21 heavy (non-hydrogen) atoms. The van der Waals surface area contributed by atoms with Gasteiger partial charge >= 0.3 is 0 Å². The van der Waals surface area contributed by atoms with E-state index in [9.17, 15) is 0 Å². The average molecular weight is 328 g/mol. The van der Waals surface area contributed by atoms with Gasteiger partial charge in [0.15, 0.2) is 0 Å². The molecule has 0 spiro atoms. The SMILES string of the molecule is CN(C)C(Cl)COc1ccc(Cc2c(Cl)cnn2C)cc1. The number of nitrogens with zero attached hydrogens (tertiary/aromatic N) is 3. The first-order valence-electron chi connectivity index (χ1n) is 6.66. The fourth-order valence-corrected chi connectivity index (χ4v) is 2.14. The van der Waals surface area contributed by atoms with Crippen molar-refractivity contribution >= 4 is 23.2 Å². The minimum absolute atomic E-state index is 0.141. The Morgan fingerprint density at radius 2 is 1.95 bits per heavy atom. The minimum Gasteiger partial charge on any atom is -0.491 e. The van der Waals surface area contributed by atoms with Gasteiger partial charge in [0, 0.05) is 13.5 Å². The third-order valence-corrected chi connectivity index (χ3v) is 4.09. The molecule has 1 aromatic heterocycles. The minimum atomic E-state index is -0.141. The van der Waals surface area contributed by atoms with E-state index in [0.29, 0.717) is 11.6 Å². The van der Waals surface area contributed by atoms with Crippen LogP contribution in [0.2, 0.25) is 5.02 Å². The summed E-state index contributed by atoms with van der Waals surface area (Å²) in [5, 5.41) is 4.82. The summed E-state index contributed by atoms with van der Waals surface area (Å²) in [6.07, 6.45) is 2.40. The van der Waals surface area contributed by atoms with E-state index >= 15 is 0 Å². The summed E-state index contributed by atoms with van der Waals surface area (Å²) in [5.41, 5.74) is 2.01. The Morgan fingerprint density at radius 1 is 1.29 bits per heavy atom. The van der Waals surface area contributed by atoms with E-state index in [1.165, 1.54) is 0 Å². The van der Waals surface area contributed by atoms with E-state index in [0.717, 1.165) is 23.4 Å². The van der Waals surface area contributed by atoms with E-state index in [1.54, 1.807) is 10.9 Å². The lowest BCUT2D eigenvalue weighted by Crippen LogP contribution is -2.28. The lowest BCUT2D eigenvalue weighted by atomic mass is 10.1. The molecule has 114 valence electrons. The van der Waals surface area contributed by atoms with Gasteiger partial charge in [-0.2, -0.15) is 5.10 Å². The van der Waals surface area contributed by atoms with Crippen molar-refractivity contribution in [1.29, 1.82) is 0 Å². The summed E-state index contributed by atoms with van der Waals surface area (Å²) in [5.74, 6) is 0.808. The Hall–Kier alpha value is -1.23. The molecule has 0 bridgehead atoms. The zero-order valence-corrected chi connectivity index (χ0v) is 13.9. The number of aryl methyl sites for hydroxylation is 1. The van der Waals surface area contributed by atoms with Gasteiger partial charge in [0.2, 0.25) is 0 Å². The molecule has 1 aromatic carbocycles. The predicted octanol–water partition coefficient (Wildman–Crippen LogP) is 3.17. The van der Waals surface area contributed by atoms with Crippen LogP contribution in [0.25, 0.3) is 0 Å². The first kappa shape index (κ1) is 16.1. The highest BCUT2D eigenvalue weighted by Crippen LogP contribution is 2.20. The lowest BCUT2D eigenvalue weighted by Gasteiger charge is -2.18. The van der Waals surface area contributed by atoms with Crippen molar-refractivity contribution in [3.63, 3.8) is 0 Å². The standard InChI is InChI=1S/C15H19Cl2N3O/c1-19(2)15(17)10-21-12-6-4-11(5-7-12)8-14-13(16)9-18-20(14)3/h4-7,9,15H,8,10H2,1-3H3. The number of benzene rings is 1. The number of likely N-dealkylation sites (N-methyl/N-ethyl adjacent to an activating group) is 1. The molecule has 0 aliphatic rings. The summed E-state index contributed by atoms with van der Waals surface area (Å²) < 4.78 is 7.44. The molecule has 6 heteroatoms. The highest BCUT2D eigenvalue weighted by molar-refractivity contribution is 6.31. The molecule has 0 radical (unpaired) electrons. The fourth-order valence-electron chi connectivity index (χ4n) is 1.85. The second-order valence-electron chi connectivity index (χ2n) is 5.09. The van der Waals surface area contributed by atoms with E-state index < -0.39 is 0 Å². The maximum atomic E-state index is 6.11. The summed E-state index contributed by atoms with van der Waals surface area (Å²) in [7, 11) is 5.73. The van der Waals surface area contributed by atoms with Crippen molar-refractivity contribution in [2.45, 2.75) is 11.9 Å². The third-order valence-electron chi connectivity index (χ3n) is 3.25. The van der Waals surface area contributed by atoms with Gasteiger partial charge < -0.3 is 4.74 Å². The van der Waals surface area contributed by atoms with Crippen LogP contribution in [0.4, 0.5) is 0 Å². The number of ether oxygens (including phenoxy) is 1. The molecule has 0 amide bonds. The molecule has 4 nitrogen and oxygen atoms in total. The van der Waals surface area contributed by atoms with Gasteiger partial charge in [0.25, 0.3) is 0 Å². The second-order valence-corrected chi connectivity index (χ2v) is 6.00. The second kappa shape index (κ2) is 7.16. The smallest absolute Gasteiger partial charge is 0.119 e. The first-order chi connectivity index (χ1) is 9.97. The Bertz CT molecular complexity index is 562. The van der Waals surface area contributed by atoms with Gasteiger partial charge in [-0.3, -0.25) is 9.58 Å². The van der Waals surface area contributed by atoms with Crippen LogP contribution in [-0.4, -0.2) is 40.9 Å². The van der Waals surface area contributed by atoms with Gasteiger partial charge in [-0.15, -0.1) is 11.6 Å². The van der Waals surface area contributed by atoms with Crippen LogP contribution in [0.3, 0.4) is 0 Å².